The number of fused-ring (bicyclic) bond motifs is 3. The monoisotopic (exact) mass is 486 g/mol. The van der Waals surface area contributed by atoms with Crippen LogP contribution < -0.4 is 9.64 Å². The molecule has 6 rings (SSSR count). The molecule has 3 atom stereocenters. The molecule has 2 aromatic heterocycles. The zero-order valence-corrected chi connectivity index (χ0v) is 21.5. The van der Waals surface area contributed by atoms with E-state index in [9.17, 15) is 5.02 Å². The Morgan fingerprint density at radius 2 is 1.83 bits per heavy atom. The molecule has 3 aromatic rings. The summed E-state index contributed by atoms with van der Waals surface area (Å²) in [6, 6.07) is 9.76. The van der Waals surface area contributed by atoms with Gasteiger partial charge in [0.15, 0.2) is 11.6 Å². The SMILES string of the molecule is CB(O)N1C2CCC[C@H]1CC(N1CCCOc3cc(-c4ccc(-c5cnn(C)c5)cc4C)nnc31)C2. The Morgan fingerprint density at radius 3 is 2.53 bits per heavy atom. The highest BCUT2D eigenvalue weighted by Crippen LogP contribution is 2.41. The molecule has 2 saturated heterocycles. The van der Waals surface area contributed by atoms with Crippen molar-refractivity contribution < 1.29 is 9.76 Å². The van der Waals surface area contributed by atoms with Gasteiger partial charge in [-0.25, -0.2) is 0 Å². The summed E-state index contributed by atoms with van der Waals surface area (Å²) < 4.78 is 8.04. The minimum atomic E-state index is -0.379. The van der Waals surface area contributed by atoms with Crippen molar-refractivity contribution in [2.24, 2.45) is 7.05 Å². The molecule has 9 heteroatoms. The van der Waals surface area contributed by atoms with E-state index in [1.165, 1.54) is 6.42 Å². The summed E-state index contributed by atoms with van der Waals surface area (Å²) >= 11 is 0. The van der Waals surface area contributed by atoms with Crippen molar-refractivity contribution >= 4 is 12.9 Å². The zero-order valence-electron chi connectivity index (χ0n) is 21.5. The highest BCUT2D eigenvalue weighted by molar-refractivity contribution is 6.45. The van der Waals surface area contributed by atoms with Gasteiger partial charge in [0.1, 0.15) is 0 Å². The fraction of sp³-hybridized carbons (Fsp3) is 0.519. The van der Waals surface area contributed by atoms with Gasteiger partial charge in [-0.15, -0.1) is 10.2 Å². The van der Waals surface area contributed by atoms with Crippen LogP contribution in [0.4, 0.5) is 5.82 Å². The molecule has 188 valence electrons. The van der Waals surface area contributed by atoms with Crippen LogP contribution in [0.3, 0.4) is 0 Å². The maximum absolute atomic E-state index is 10.4. The van der Waals surface area contributed by atoms with Crippen molar-refractivity contribution in [3.8, 4) is 28.1 Å². The lowest BCUT2D eigenvalue weighted by atomic mass is 9.70. The van der Waals surface area contributed by atoms with Crippen LogP contribution in [0.2, 0.25) is 6.82 Å². The molecular formula is C27H35BN6O2. The molecule has 0 amide bonds. The highest BCUT2D eigenvalue weighted by Gasteiger charge is 2.43. The highest BCUT2D eigenvalue weighted by atomic mass is 16.5. The number of hydrogen-bond acceptors (Lipinski definition) is 7. The lowest BCUT2D eigenvalue weighted by molar-refractivity contribution is 0.0895. The Labute approximate surface area is 213 Å². The van der Waals surface area contributed by atoms with Crippen LogP contribution >= 0.6 is 0 Å². The summed E-state index contributed by atoms with van der Waals surface area (Å²) in [5.74, 6) is 1.70. The van der Waals surface area contributed by atoms with Gasteiger partial charge in [0, 0.05) is 55.1 Å². The van der Waals surface area contributed by atoms with E-state index in [1.54, 1.807) is 0 Å². The summed E-state index contributed by atoms with van der Waals surface area (Å²) in [5, 5.41) is 24.1. The fourth-order valence-corrected chi connectivity index (χ4v) is 6.64. The van der Waals surface area contributed by atoms with Crippen molar-refractivity contribution in [2.75, 3.05) is 18.1 Å². The van der Waals surface area contributed by atoms with Gasteiger partial charge in [-0.3, -0.25) is 4.68 Å². The normalized spacial score (nSPS) is 24.1. The van der Waals surface area contributed by atoms with Gasteiger partial charge < -0.3 is 19.5 Å². The van der Waals surface area contributed by atoms with Gasteiger partial charge in [-0.05, 0) is 57.0 Å². The van der Waals surface area contributed by atoms with Gasteiger partial charge in [-0.2, -0.15) is 5.10 Å². The third kappa shape index (κ3) is 4.28. The summed E-state index contributed by atoms with van der Waals surface area (Å²) in [6.45, 7) is 5.65. The van der Waals surface area contributed by atoms with Gasteiger partial charge in [0.05, 0.1) is 18.5 Å². The van der Waals surface area contributed by atoms with E-state index in [4.69, 9.17) is 14.9 Å². The largest absolute Gasteiger partial charge is 0.489 e. The van der Waals surface area contributed by atoms with Gasteiger partial charge >= 0.3 is 7.05 Å². The summed E-state index contributed by atoms with van der Waals surface area (Å²) in [7, 11) is 1.55. The zero-order chi connectivity index (χ0) is 24.8. The number of hydrogen-bond donors (Lipinski definition) is 1. The van der Waals surface area contributed by atoms with Crippen LogP contribution in [0.15, 0.2) is 36.7 Å². The second kappa shape index (κ2) is 9.52. The first kappa shape index (κ1) is 23.5. The number of benzene rings is 1. The number of aromatic nitrogens is 4. The van der Waals surface area contributed by atoms with Crippen molar-refractivity contribution in [3.05, 3.63) is 42.2 Å². The molecule has 2 bridgehead atoms. The molecule has 0 spiro atoms. The number of ether oxygens (including phenoxy) is 1. The Hall–Kier alpha value is -2.91. The maximum Gasteiger partial charge on any atom is 0.376 e. The lowest BCUT2D eigenvalue weighted by Gasteiger charge is -2.52. The first-order chi connectivity index (χ1) is 17.5. The molecule has 0 aliphatic carbocycles. The molecule has 2 unspecified atom stereocenters. The maximum atomic E-state index is 10.4. The van der Waals surface area contributed by atoms with E-state index < -0.39 is 0 Å². The molecule has 36 heavy (non-hydrogen) atoms. The molecule has 1 N–H and O–H groups in total. The van der Waals surface area contributed by atoms with Crippen molar-refractivity contribution in [1.29, 1.82) is 0 Å². The van der Waals surface area contributed by atoms with Gasteiger partial charge in [0.2, 0.25) is 0 Å². The van der Waals surface area contributed by atoms with Crippen molar-refractivity contribution in [1.82, 2.24) is 24.8 Å². The standard InChI is InChI=1S/C27H35BN6O2/c1-18-12-19(20-16-29-32(3)17-20)8-9-24(18)25-15-26-27(31-30-25)33(10-5-11-36-26)23-13-21-6-4-7-22(14-23)34(21)28(2)35/h8-9,12,15-17,21-23,35H,4-7,10-11,13-14H2,1-3H3/t21-,22?,23?/m0/s1. The van der Waals surface area contributed by atoms with Gasteiger partial charge in [0.25, 0.3) is 0 Å². The average Bonchev–Trinajstić information content (AvgIpc) is 3.18. The van der Waals surface area contributed by atoms with Gasteiger partial charge in [-0.1, -0.05) is 24.6 Å². The molecule has 5 heterocycles. The topological polar surface area (TPSA) is 79.5 Å². The van der Waals surface area contributed by atoms with E-state index in [2.05, 4.69) is 46.0 Å². The second-order valence-corrected chi connectivity index (χ2v) is 10.7. The number of aryl methyl sites for hydroxylation is 2. The number of rotatable bonds is 4. The van der Waals surface area contributed by atoms with Crippen LogP contribution in [0.1, 0.15) is 44.1 Å². The molecular weight excluding hydrogens is 451 g/mol. The Morgan fingerprint density at radius 1 is 1.03 bits per heavy atom. The van der Waals surface area contributed by atoms with Crippen LogP contribution in [0, 0.1) is 6.92 Å². The molecule has 0 radical (unpaired) electrons. The molecule has 3 aliphatic heterocycles. The molecule has 8 nitrogen and oxygen atoms in total. The summed E-state index contributed by atoms with van der Waals surface area (Å²) in [4.78, 5) is 4.80. The van der Waals surface area contributed by atoms with Crippen molar-refractivity contribution in [2.45, 2.75) is 70.4 Å². The smallest absolute Gasteiger partial charge is 0.376 e. The molecule has 1 aromatic carbocycles. The molecule has 2 fully saturated rings. The van der Waals surface area contributed by atoms with Crippen LogP contribution in [0.25, 0.3) is 22.4 Å². The van der Waals surface area contributed by atoms with Crippen molar-refractivity contribution in [3.63, 3.8) is 0 Å². The van der Waals surface area contributed by atoms with E-state index >= 15 is 0 Å². The van der Waals surface area contributed by atoms with E-state index in [0.29, 0.717) is 24.7 Å². The second-order valence-electron chi connectivity index (χ2n) is 10.7. The molecule has 0 saturated carbocycles. The van der Waals surface area contributed by atoms with E-state index in [1.807, 2.05) is 30.9 Å². The Bertz CT molecular complexity index is 1230. The lowest BCUT2D eigenvalue weighted by Crippen LogP contribution is -2.61. The first-order valence-corrected chi connectivity index (χ1v) is 13.3. The van der Waals surface area contributed by atoms with Crippen LogP contribution in [-0.2, 0) is 7.05 Å². The van der Waals surface area contributed by atoms with E-state index in [-0.39, 0.29) is 7.05 Å². The third-order valence-electron chi connectivity index (χ3n) is 8.23. The Balaban J connectivity index is 1.28. The summed E-state index contributed by atoms with van der Waals surface area (Å²) in [6.07, 6.45) is 10.6. The van der Waals surface area contributed by atoms with E-state index in [0.717, 1.165) is 78.2 Å². The molecule has 3 aliphatic rings. The fourth-order valence-electron chi connectivity index (χ4n) is 6.64. The first-order valence-electron chi connectivity index (χ1n) is 13.3. The van der Waals surface area contributed by atoms with Crippen LogP contribution in [0.5, 0.6) is 5.75 Å². The minimum Gasteiger partial charge on any atom is -0.489 e. The number of anilines is 1. The predicted octanol–water partition coefficient (Wildman–Crippen LogP) is 3.94. The number of nitrogens with zero attached hydrogens (tertiary/aromatic N) is 6. The quantitative estimate of drug-likeness (QED) is 0.560. The number of piperidine rings is 2. The third-order valence-corrected chi connectivity index (χ3v) is 8.23. The van der Waals surface area contributed by atoms with Crippen LogP contribution in [-0.4, -0.2) is 68.1 Å². The average molecular weight is 486 g/mol. The Kier molecular flexibility index (Phi) is 6.21. The summed E-state index contributed by atoms with van der Waals surface area (Å²) in [5.41, 5.74) is 5.30. The minimum absolute atomic E-state index is 0.379. The predicted molar refractivity (Wildman–Crippen MR) is 142 cm³/mol.